The van der Waals surface area contributed by atoms with Gasteiger partial charge in [0, 0.05) is 41.8 Å². The van der Waals surface area contributed by atoms with E-state index in [1.54, 1.807) is 22.9 Å². The van der Waals surface area contributed by atoms with Gasteiger partial charge in [0.05, 0.1) is 23.6 Å². The Balaban J connectivity index is 1.62. The minimum atomic E-state index is -1.44. The molecule has 142 valence electrons. The van der Waals surface area contributed by atoms with Gasteiger partial charge in [0.1, 0.15) is 6.54 Å². The molecular formula is C19H18N6O2S. The summed E-state index contributed by atoms with van der Waals surface area (Å²) in [6.07, 6.45) is 4.97. The van der Waals surface area contributed by atoms with Crippen molar-refractivity contribution in [1.29, 1.82) is 0 Å². The van der Waals surface area contributed by atoms with E-state index in [0.717, 1.165) is 22.4 Å². The lowest BCUT2D eigenvalue weighted by Gasteiger charge is -2.27. The molecule has 0 spiro atoms. The minimum Gasteiger partial charge on any atom is -0.593 e. The van der Waals surface area contributed by atoms with Gasteiger partial charge in [-0.15, -0.1) is 4.31 Å². The van der Waals surface area contributed by atoms with E-state index >= 15 is 0 Å². The summed E-state index contributed by atoms with van der Waals surface area (Å²) < 4.78 is 14.7. The molecule has 1 aliphatic heterocycles. The fraction of sp³-hybridized carbons (Fsp3) is 0.158. The second-order valence-electron chi connectivity index (χ2n) is 6.22. The molecular weight excluding hydrogens is 376 g/mol. The molecule has 3 N–H and O–H groups in total. The van der Waals surface area contributed by atoms with Crippen LogP contribution in [0.3, 0.4) is 0 Å². The molecule has 0 saturated carbocycles. The molecule has 3 heterocycles. The van der Waals surface area contributed by atoms with Gasteiger partial charge in [-0.05, 0) is 18.2 Å². The van der Waals surface area contributed by atoms with Crippen LogP contribution < -0.4 is 11.1 Å². The van der Waals surface area contributed by atoms with E-state index in [0.29, 0.717) is 18.0 Å². The van der Waals surface area contributed by atoms with Gasteiger partial charge < -0.3 is 15.6 Å². The SMILES string of the molecule is Nc1ncc(-c2ccc(-c3ccccc3[S+]([O-])N3CCNC(=O)C3)cn2)cn1. The van der Waals surface area contributed by atoms with Gasteiger partial charge >= 0.3 is 0 Å². The Labute approximate surface area is 165 Å². The molecule has 8 nitrogen and oxygen atoms in total. The number of nitrogens with zero attached hydrogens (tertiary/aromatic N) is 4. The van der Waals surface area contributed by atoms with Crippen molar-refractivity contribution in [2.75, 3.05) is 25.4 Å². The van der Waals surface area contributed by atoms with Gasteiger partial charge in [-0.3, -0.25) is 9.78 Å². The van der Waals surface area contributed by atoms with E-state index in [9.17, 15) is 9.35 Å². The number of rotatable bonds is 4. The van der Waals surface area contributed by atoms with Crippen LogP contribution in [0.5, 0.6) is 0 Å². The van der Waals surface area contributed by atoms with Crippen molar-refractivity contribution in [2.45, 2.75) is 4.90 Å². The number of anilines is 1. The number of amides is 1. The zero-order valence-electron chi connectivity index (χ0n) is 14.9. The zero-order valence-corrected chi connectivity index (χ0v) is 15.7. The van der Waals surface area contributed by atoms with Crippen LogP contribution in [0.15, 0.2) is 59.9 Å². The summed E-state index contributed by atoms with van der Waals surface area (Å²) in [7, 11) is 0. The lowest BCUT2D eigenvalue weighted by atomic mass is 10.1. The molecule has 3 aromatic rings. The Morgan fingerprint density at radius 1 is 1.04 bits per heavy atom. The van der Waals surface area contributed by atoms with Gasteiger partial charge in [0.2, 0.25) is 11.9 Å². The zero-order chi connectivity index (χ0) is 19.5. The highest BCUT2D eigenvalue weighted by atomic mass is 32.2. The monoisotopic (exact) mass is 394 g/mol. The third-order valence-electron chi connectivity index (χ3n) is 4.36. The lowest BCUT2D eigenvalue weighted by molar-refractivity contribution is -0.122. The fourth-order valence-corrected chi connectivity index (χ4v) is 4.29. The molecule has 1 saturated heterocycles. The average molecular weight is 394 g/mol. The van der Waals surface area contributed by atoms with Crippen LogP contribution >= 0.6 is 0 Å². The number of carbonyl (C=O) groups is 1. The van der Waals surface area contributed by atoms with Crippen molar-refractivity contribution in [1.82, 2.24) is 24.6 Å². The fourth-order valence-electron chi connectivity index (χ4n) is 2.95. The third kappa shape index (κ3) is 3.81. The number of benzene rings is 1. The molecule has 1 aliphatic rings. The first-order valence-corrected chi connectivity index (χ1v) is 9.79. The first-order valence-electron chi connectivity index (χ1n) is 8.69. The molecule has 1 aromatic carbocycles. The third-order valence-corrected chi connectivity index (χ3v) is 5.87. The number of piperazine rings is 1. The van der Waals surface area contributed by atoms with E-state index < -0.39 is 11.4 Å². The minimum absolute atomic E-state index is 0.117. The normalized spacial score (nSPS) is 15.8. The number of nitrogens with one attached hydrogen (secondary N) is 1. The predicted octanol–water partition coefficient (Wildman–Crippen LogP) is 1.24. The highest BCUT2D eigenvalue weighted by Crippen LogP contribution is 2.30. The van der Waals surface area contributed by atoms with Crippen LogP contribution in [0.1, 0.15) is 0 Å². The molecule has 1 unspecified atom stereocenters. The largest absolute Gasteiger partial charge is 0.593 e. The quantitative estimate of drug-likeness (QED) is 0.639. The highest BCUT2D eigenvalue weighted by Gasteiger charge is 2.30. The number of hydrogen-bond acceptors (Lipinski definition) is 7. The average Bonchev–Trinajstić information content (AvgIpc) is 2.74. The lowest BCUT2D eigenvalue weighted by Crippen LogP contribution is -2.49. The Morgan fingerprint density at radius 2 is 1.79 bits per heavy atom. The summed E-state index contributed by atoms with van der Waals surface area (Å²) in [5.41, 5.74) is 8.66. The van der Waals surface area contributed by atoms with Gasteiger partial charge in [-0.25, -0.2) is 9.97 Å². The van der Waals surface area contributed by atoms with Crippen LogP contribution in [0, 0.1) is 0 Å². The second kappa shape index (κ2) is 7.93. The molecule has 0 aliphatic carbocycles. The molecule has 1 fully saturated rings. The number of hydrogen-bond donors (Lipinski definition) is 2. The van der Waals surface area contributed by atoms with Gasteiger partial charge in [-0.2, -0.15) is 0 Å². The van der Waals surface area contributed by atoms with Gasteiger partial charge in [0.25, 0.3) is 0 Å². The number of carbonyl (C=O) groups excluding carboxylic acids is 1. The number of nitrogens with two attached hydrogens (primary N) is 1. The molecule has 9 heteroatoms. The Hall–Kier alpha value is -3.01. The van der Waals surface area contributed by atoms with Crippen LogP contribution in [0.25, 0.3) is 22.4 Å². The van der Waals surface area contributed by atoms with Crippen molar-refractivity contribution in [3.63, 3.8) is 0 Å². The first-order chi connectivity index (χ1) is 13.6. The van der Waals surface area contributed by atoms with E-state index in [1.807, 2.05) is 36.4 Å². The molecule has 1 amide bonds. The first kappa shape index (κ1) is 18.4. The smallest absolute Gasteiger partial charge is 0.238 e. The molecule has 4 rings (SSSR count). The van der Waals surface area contributed by atoms with Crippen LogP contribution in [-0.4, -0.2) is 49.4 Å². The molecule has 1 atom stereocenters. The summed E-state index contributed by atoms with van der Waals surface area (Å²) in [6, 6.07) is 11.2. The Bertz CT molecular complexity index is 980. The summed E-state index contributed by atoms with van der Waals surface area (Å²) in [5.74, 6) is 0.0944. The summed E-state index contributed by atoms with van der Waals surface area (Å²) in [5, 5.41) is 2.75. The van der Waals surface area contributed by atoms with Crippen molar-refractivity contribution >= 4 is 23.2 Å². The predicted molar refractivity (Wildman–Crippen MR) is 106 cm³/mol. The van der Waals surface area contributed by atoms with Gasteiger partial charge in [0.15, 0.2) is 4.90 Å². The van der Waals surface area contributed by atoms with Crippen LogP contribution in [0.4, 0.5) is 5.95 Å². The maximum Gasteiger partial charge on any atom is 0.238 e. The molecule has 28 heavy (non-hydrogen) atoms. The summed E-state index contributed by atoms with van der Waals surface area (Å²) in [4.78, 5) is 24.7. The maximum atomic E-state index is 13.1. The highest BCUT2D eigenvalue weighted by molar-refractivity contribution is 7.89. The van der Waals surface area contributed by atoms with E-state index in [2.05, 4.69) is 20.3 Å². The topological polar surface area (TPSA) is 120 Å². The number of aromatic nitrogens is 3. The number of nitrogen functional groups attached to an aromatic ring is 1. The maximum absolute atomic E-state index is 13.1. The van der Waals surface area contributed by atoms with Crippen molar-refractivity contribution in [2.24, 2.45) is 0 Å². The van der Waals surface area contributed by atoms with Gasteiger partial charge in [-0.1, -0.05) is 18.2 Å². The van der Waals surface area contributed by atoms with E-state index in [-0.39, 0.29) is 18.4 Å². The van der Waals surface area contributed by atoms with Crippen molar-refractivity contribution < 1.29 is 9.35 Å². The van der Waals surface area contributed by atoms with Crippen molar-refractivity contribution in [3.8, 4) is 22.4 Å². The van der Waals surface area contributed by atoms with Crippen LogP contribution in [-0.2, 0) is 16.2 Å². The van der Waals surface area contributed by atoms with E-state index in [1.165, 1.54) is 0 Å². The standard InChI is InChI=1S/C19H18N6O2S/c20-19-23-10-14(11-24-19)16-6-5-13(9-22-16)15-3-1-2-4-17(15)28(27)25-8-7-21-18(26)12-25/h1-6,9-11H,7-8,12H2,(H,21,26)(H2,20,23,24). The molecule has 0 bridgehead atoms. The summed E-state index contributed by atoms with van der Waals surface area (Å²) in [6.45, 7) is 1.16. The second-order valence-corrected chi connectivity index (χ2v) is 7.68. The molecule has 0 radical (unpaired) electrons. The van der Waals surface area contributed by atoms with Crippen LogP contribution in [0.2, 0.25) is 0 Å². The summed E-state index contributed by atoms with van der Waals surface area (Å²) >= 11 is -1.44. The number of pyridine rings is 1. The Kier molecular flexibility index (Phi) is 5.20. The molecule has 2 aromatic heterocycles. The van der Waals surface area contributed by atoms with E-state index in [4.69, 9.17) is 5.73 Å². The van der Waals surface area contributed by atoms with Crippen molar-refractivity contribution in [3.05, 3.63) is 55.0 Å². The Morgan fingerprint density at radius 3 is 2.50 bits per heavy atom.